The molecule has 0 heterocycles. The van der Waals surface area contributed by atoms with Crippen molar-refractivity contribution >= 4 is 11.9 Å². The molecule has 6 heteroatoms. The SMILES string of the molecule is CCOC(=O)C(OC)(C(=O)OCC)c1ccccc1O. The Hall–Kier alpha value is -2.08. The number of aromatic hydroxyl groups is 1. The minimum Gasteiger partial charge on any atom is -0.508 e. The lowest BCUT2D eigenvalue weighted by atomic mass is 9.92. The van der Waals surface area contributed by atoms with Gasteiger partial charge in [-0.1, -0.05) is 18.2 Å². The van der Waals surface area contributed by atoms with Gasteiger partial charge in [-0.15, -0.1) is 0 Å². The molecule has 1 rings (SSSR count). The summed E-state index contributed by atoms with van der Waals surface area (Å²) >= 11 is 0. The molecule has 1 aromatic rings. The monoisotopic (exact) mass is 282 g/mol. The zero-order valence-electron chi connectivity index (χ0n) is 11.7. The van der Waals surface area contributed by atoms with Crippen LogP contribution in [0.4, 0.5) is 0 Å². The first-order chi connectivity index (χ1) is 9.54. The van der Waals surface area contributed by atoms with Gasteiger partial charge in [-0.25, -0.2) is 9.59 Å². The Morgan fingerprint density at radius 3 is 2.00 bits per heavy atom. The molecule has 0 aliphatic rings. The zero-order valence-corrected chi connectivity index (χ0v) is 11.7. The Bertz CT molecular complexity index is 464. The maximum absolute atomic E-state index is 12.2. The molecule has 0 unspecified atom stereocenters. The van der Waals surface area contributed by atoms with Crippen LogP contribution in [0.5, 0.6) is 5.75 Å². The van der Waals surface area contributed by atoms with Gasteiger partial charge in [0.25, 0.3) is 5.60 Å². The first-order valence-corrected chi connectivity index (χ1v) is 6.22. The second-order valence-corrected chi connectivity index (χ2v) is 3.84. The molecule has 0 aromatic heterocycles. The van der Waals surface area contributed by atoms with Crippen molar-refractivity contribution in [2.45, 2.75) is 19.4 Å². The average molecular weight is 282 g/mol. The lowest BCUT2D eigenvalue weighted by Crippen LogP contribution is -2.47. The number of phenolic OH excluding ortho intramolecular Hbond substituents is 1. The van der Waals surface area contributed by atoms with Crippen molar-refractivity contribution in [1.82, 2.24) is 0 Å². The number of rotatable bonds is 6. The fourth-order valence-corrected chi connectivity index (χ4v) is 1.82. The third kappa shape index (κ3) is 2.75. The minimum absolute atomic E-state index is 0.0144. The van der Waals surface area contributed by atoms with Crippen LogP contribution in [0.2, 0.25) is 0 Å². The van der Waals surface area contributed by atoms with E-state index in [1.807, 2.05) is 0 Å². The Balaban J connectivity index is 3.42. The van der Waals surface area contributed by atoms with E-state index >= 15 is 0 Å². The smallest absolute Gasteiger partial charge is 0.355 e. The van der Waals surface area contributed by atoms with E-state index < -0.39 is 17.5 Å². The number of hydrogen-bond donors (Lipinski definition) is 1. The van der Waals surface area contributed by atoms with E-state index in [-0.39, 0.29) is 24.5 Å². The molecule has 20 heavy (non-hydrogen) atoms. The molecule has 0 spiro atoms. The highest BCUT2D eigenvalue weighted by molar-refractivity contribution is 6.05. The van der Waals surface area contributed by atoms with E-state index in [4.69, 9.17) is 14.2 Å². The maximum Gasteiger partial charge on any atom is 0.355 e. The number of para-hydroxylation sites is 1. The maximum atomic E-state index is 12.2. The van der Waals surface area contributed by atoms with Crippen molar-refractivity contribution in [2.75, 3.05) is 20.3 Å². The molecule has 1 aromatic carbocycles. The summed E-state index contributed by atoms with van der Waals surface area (Å²) in [4.78, 5) is 24.4. The number of hydrogen-bond acceptors (Lipinski definition) is 6. The van der Waals surface area contributed by atoms with Crippen LogP contribution in [0.25, 0.3) is 0 Å². The number of esters is 2. The van der Waals surface area contributed by atoms with Crippen molar-refractivity contribution in [3.63, 3.8) is 0 Å². The largest absolute Gasteiger partial charge is 0.508 e. The van der Waals surface area contributed by atoms with Gasteiger partial charge in [0.15, 0.2) is 0 Å². The van der Waals surface area contributed by atoms with E-state index in [1.54, 1.807) is 26.0 Å². The Kier molecular flexibility index (Phi) is 5.52. The molecule has 0 atom stereocenters. The second kappa shape index (κ2) is 6.91. The van der Waals surface area contributed by atoms with Gasteiger partial charge in [0.05, 0.1) is 13.2 Å². The molecular weight excluding hydrogens is 264 g/mol. The van der Waals surface area contributed by atoms with Crippen molar-refractivity contribution in [2.24, 2.45) is 0 Å². The van der Waals surface area contributed by atoms with E-state index in [2.05, 4.69) is 0 Å². The van der Waals surface area contributed by atoms with E-state index in [0.29, 0.717) is 0 Å². The fourth-order valence-electron chi connectivity index (χ4n) is 1.82. The summed E-state index contributed by atoms with van der Waals surface area (Å²) in [6.07, 6.45) is 0. The topological polar surface area (TPSA) is 82.1 Å². The van der Waals surface area contributed by atoms with Gasteiger partial charge >= 0.3 is 11.9 Å². The highest BCUT2D eigenvalue weighted by Gasteiger charge is 2.53. The number of methoxy groups -OCH3 is 1. The average Bonchev–Trinajstić information content (AvgIpc) is 2.43. The quantitative estimate of drug-likeness (QED) is 0.626. The van der Waals surface area contributed by atoms with Crippen LogP contribution in [-0.2, 0) is 29.4 Å². The zero-order chi connectivity index (χ0) is 15.2. The number of carbonyl (C=O) groups excluding carboxylic acids is 2. The Morgan fingerprint density at radius 1 is 1.10 bits per heavy atom. The normalized spacial score (nSPS) is 10.9. The van der Waals surface area contributed by atoms with E-state index in [9.17, 15) is 14.7 Å². The minimum atomic E-state index is -2.13. The lowest BCUT2D eigenvalue weighted by Gasteiger charge is -2.28. The predicted molar refractivity (Wildman–Crippen MR) is 70.1 cm³/mol. The third-order valence-electron chi connectivity index (χ3n) is 2.72. The fraction of sp³-hybridized carbons (Fsp3) is 0.429. The van der Waals surface area contributed by atoms with Crippen LogP contribution in [-0.4, -0.2) is 37.4 Å². The summed E-state index contributed by atoms with van der Waals surface area (Å²) < 4.78 is 14.9. The van der Waals surface area contributed by atoms with Gasteiger partial charge in [0.2, 0.25) is 0 Å². The molecule has 0 saturated carbocycles. The molecule has 0 fully saturated rings. The van der Waals surface area contributed by atoms with Crippen LogP contribution >= 0.6 is 0 Å². The van der Waals surface area contributed by atoms with Crippen molar-refractivity contribution in [3.8, 4) is 5.75 Å². The number of carbonyl (C=O) groups is 2. The van der Waals surface area contributed by atoms with Gasteiger partial charge in [-0.2, -0.15) is 0 Å². The molecule has 0 radical (unpaired) electrons. The summed E-state index contributed by atoms with van der Waals surface area (Å²) in [6.45, 7) is 3.34. The first-order valence-electron chi connectivity index (χ1n) is 6.22. The number of benzene rings is 1. The van der Waals surface area contributed by atoms with Gasteiger partial charge in [0.1, 0.15) is 5.75 Å². The lowest BCUT2D eigenvalue weighted by molar-refractivity contribution is -0.189. The van der Waals surface area contributed by atoms with Crippen LogP contribution < -0.4 is 0 Å². The van der Waals surface area contributed by atoms with E-state index in [1.165, 1.54) is 19.2 Å². The molecule has 0 aliphatic carbocycles. The Labute approximate surface area is 117 Å². The summed E-state index contributed by atoms with van der Waals surface area (Å²) in [7, 11) is 1.18. The highest BCUT2D eigenvalue weighted by atomic mass is 16.6. The summed E-state index contributed by atoms with van der Waals surface area (Å²) in [5.41, 5.74) is -2.14. The summed E-state index contributed by atoms with van der Waals surface area (Å²) in [5.74, 6) is -2.11. The van der Waals surface area contributed by atoms with Crippen LogP contribution in [0.1, 0.15) is 19.4 Å². The van der Waals surface area contributed by atoms with Crippen molar-refractivity contribution in [1.29, 1.82) is 0 Å². The van der Waals surface area contributed by atoms with E-state index in [0.717, 1.165) is 0 Å². The molecular formula is C14H18O6. The van der Waals surface area contributed by atoms with Gasteiger partial charge < -0.3 is 19.3 Å². The molecule has 6 nitrogen and oxygen atoms in total. The van der Waals surface area contributed by atoms with Gasteiger partial charge in [-0.3, -0.25) is 0 Å². The number of ether oxygens (including phenoxy) is 3. The standard InChI is InChI=1S/C14H18O6/c1-4-19-12(16)14(18-3,13(17)20-5-2)10-8-6-7-9-11(10)15/h6-9,15H,4-5H2,1-3H3. The molecule has 110 valence electrons. The molecule has 1 N–H and O–H groups in total. The van der Waals surface area contributed by atoms with Crippen LogP contribution in [0.3, 0.4) is 0 Å². The van der Waals surface area contributed by atoms with Gasteiger partial charge in [-0.05, 0) is 19.9 Å². The molecule has 0 bridgehead atoms. The summed E-state index contributed by atoms with van der Waals surface area (Å²) in [5, 5.41) is 9.92. The highest BCUT2D eigenvalue weighted by Crippen LogP contribution is 2.34. The molecule has 0 aliphatic heterocycles. The second-order valence-electron chi connectivity index (χ2n) is 3.84. The van der Waals surface area contributed by atoms with Crippen LogP contribution in [0.15, 0.2) is 24.3 Å². The van der Waals surface area contributed by atoms with Crippen molar-refractivity contribution in [3.05, 3.63) is 29.8 Å². The summed E-state index contributed by atoms with van der Waals surface area (Å²) in [6, 6.07) is 5.89. The predicted octanol–water partition coefficient (Wildman–Crippen LogP) is 1.36. The van der Waals surface area contributed by atoms with Crippen LogP contribution in [0, 0.1) is 0 Å². The first kappa shape index (κ1) is 16.0. The third-order valence-corrected chi connectivity index (χ3v) is 2.72. The van der Waals surface area contributed by atoms with Crippen molar-refractivity contribution < 1.29 is 28.9 Å². The van der Waals surface area contributed by atoms with Gasteiger partial charge in [0, 0.05) is 12.7 Å². The molecule has 0 amide bonds. The molecule has 0 saturated heterocycles. The number of phenols is 1. The Morgan fingerprint density at radius 2 is 1.60 bits per heavy atom.